The zero-order valence-electron chi connectivity index (χ0n) is 10.4. The Balaban J connectivity index is 2.15. The highest BCUT2D eigenvalue weighted by molar-refractivity contribution is 6.30. The summed E-state index contributed by atoms with van der Waals surface area (Å²) in [6.07, 6.45) is 2.29. The molecule has 1 aromatic carbocycles. The Morgan fingerprint density at radius 3 is 2.58 bits per heavy atom. The second-order valence-corrected chi connectivity index (χ2v) is 4.48. The van der Waals surface area contributed by atoms with Gasteiger partial charge in [0.05, 0.1) is 5.56 Å². The van der Waals surface area contributed by atoms with Crippen molar-refractivity contribution in [3.63, 3.8) is 0 Å². The Kier molecular flexibility index (Phi) is 4.02. The van der Waals surface area contributed by atoms with Gasteiger partial charge < -0.3 is 10.3 Å². The summed E-state index contributed by atoms with van der Waals surface area (Å²) >= 11 is 5.68. The number of halogens is 1. The van der Waals surface area contributed by atoms with Crippen LogP contribution in [0.4, 0.5) is 5.69 Å². The molecule has 19 heavy (non-hydrogen) atoms. The quantitative estimate of drug-likeness (QED) is 0.905. The first-order chi connectivity index (χ1) is 9.10. The summed E-state index contributed by atoms with van der Waals surface area (Å²) < 4.78 is 0. The molecule has 0 saturated heterocycles. The minimum atomic E-state index is -0.412. The van der Waals surface area contributed by atoms with Gasteiger partial charge in [-0.2, -0.15) is 0 Å². The smallest absolute Gasteiger partial charge is 0.266 e. The van der Waals surface area contributed by atoms with Crippen LogP contribution in [0.3, 0.4) is 0 Å². The molecule has 4 nitrogen and oxygen atoms in total. The number of H-pyrrole nitrogens is 1. The molecule has 1 amide bonds. The minimum absolute atomic E-state index is 0.00557. The molecule has 2 rings (SSSR count). The Morgan fingerprint density at radius 1 is 1.32 bits per heavy atom. The maximum Gasteiger partial charge on any atom is 0.266 e. The number of rotatable bonds is 3. The van der Waals surface area contributed by atoms with Gasteiger partial charge in [0.1, 0.15) is 5.02 Å². The SMILES string of the molecule is CCc1ccc(NC(=O)c2c[nH]c(=O)c(Cl)c2)cc1. The number of nitrogens with one attached hydrogen (secondary N) is 2. The van der Waals surface area contributed by atoms with Crippen molar-refractivity contribution in [1.29, 1.82) is 0 Å². The van der Waals surface area contributed by atoms with E-state index in [1.807, 2.05) is 24.3 Å². The van der Waals surface area contributed by atoms with Crippen molar-refractivity contribution in [2.24, 2.45) is 0 Å². The summed E-state index contributed by atoms with van der Waals surface area (Å²) in [6.45, 7) is 2.07. The minimum Gasteiger partial charge on any atom is -0.327 e. The van der Waals surface area contributed by atoms with Gasteiger partial charge in [-0.1, -0.05) is 30.7 Å². The van der Waals surface area contributed by atoms with Gasteiger partial charge in [-0.15, -0.1) is 0 Å². The number of aromatic nitrogens is 1. The standard InChI is InChI=1S/C14H13ClN2O2/c1-2-9-3-5-11(6-4-9)17-13(18)10-7-12(15)14(19)16-8-10/h3-8H,2H2,1H3,(H,16,19)(H,17,18). The third-order valence-corrected chi connectivity index (χ3v) is 3.02. The molecule has 0 atom stereocenters. The summed E-state index contributed by atoms with van der Waals surface area (Å²) in [5, 5.41) is 2.73. The topological polar surface area (TPSA) is 62.0 Å². The van der Waals surface area contributed by atoms with Gasteiger partial charge in [-0.25, -0.2) is 0 Å². The Labute approximate surface area is 115 Å². The van der Waals surface area contributed by atoms with Crippen molar-refractivity contribution in [2.75, 3.05) is 5.32 Å². The largest absolute Gasteiger partial charge is 0.327 e. The van der Waals surface area contributed by atoms with Crippen LogP contribution >= 0.6 is 11.6 Å². The summed E-state index contributed by atoms with van der Waals surface area (Å²) in [5.41, 5.74) is 1.80. The second-order valence-electron chi connectivity index (χ2n) is 4.07. The molecule has 0 spiro atoms. The number of aryl methyl sites for hydroxylation is 1. The second kappa shape index (κ2) is 5.71. The van der Waals surface area contributed by atoms with E-state index in [9.17, 15) is 9.59 Å². The van der Waals surface area contributed by atoms with Crippen LogP contribution in [0.5, 0.6) is 0 Å². The first-order valence-electron chi connectivity index (χ1n) is 5.88. The van der Waals surface area contributed by atoms with Crippen LogP contribution in [0, 0.1) is 0 Å². The fraction of sp³-hybridized carbons (Fsp3) is 0.143. The van der Waals surface area contributed by atoms with Crippen LogP contribution in [0.1, 0.15) is 22.8 Å². The maximum atomic E-state index is 11.9. The molecule has 0 aliphatic rings. The van der Waals surface area contributed by atoms with Crippen LogP contribution in [-0.2, 0) is 6.42 Å². The number of carbonyl (C=O) groups excluding carboxylic acids is 1. The van der Waals surface area contributed by atoms with Crippen LogP contribution < -0.4 is 10.9 Å². The van der Waals surface area contributed by atoms with E-state index < -0.39 is 5.56 Å². The van der Waals surface area contributed by atoms with E-state index in [4.69, 9.17) is 11.6 Å². The van der Waals surface area contributed by atoms with E-state index in [2.05, 4.69) is 17.2 Å². The van der Waals surface area contributed by atoms with E-state index >= 15 is 0 Å². The van der Waals surface area contributed by atoms with E-state index in [1.54, 1.807) is 0 Å². The Bertz CT molecular complexity index is 647. The predicted octanol–water partition coefficient (Wildman–Crippen LogP) is 2.84. The lowest BCUT2D eigenvalue weighted by Gasteiger charge is -2.06. The zero-order valence-corrected chi connectivity index (χ0v) is 11.1. The highest BCUT2D eigenvalue weighted by Crippen LogP contribution is 2.12. The normalized spacial score (nSPS) is 10.2. The van der Waals surface area contributed by atoms with E-state index in [0.29, 0.717) is 11.3 Å². The van der Waals surface area contributed by atoms with Gasteiger partial charge in [-0.3, -0.25) is 9.59 Å². The lowest BCUT2D eigenvalue weighted by atomic mass is 10.1. The van der Waals surface area contributed by atoms with Gasteiger partial charge in [0.2, 0.25) is 0 Å². The van der Waals surface area contributed by atoms with Gasteiger partial charge in [0.25, 0.3) is 11.5 Å². The van der Waals surface area contributed by atoms with Crippen molar-refractivity contribution in [3.8, 4) is 0 Å². The highest BCUT2D eigenvalue weighted by Gasteiger charge is 2.08. The lowest BCUT2D eigenvalue weighted by Crippen LogP contribution is -2.15. The molecule has 0 fully saturated rings. The molecule has 0 aliphatic heterocycles. The average Bonchev–Trinajstić information content (AvgIpc) is 2.42. The molecule has 98 valence electrons. The van der Waals surface area contributed by atoms with Gasteiger partial charge in [-0.05, 0) is 30.2 Å². The number of carbonyl (C=O) groups is 1. The summed E-state index contributed by atoms with van der Waals surface area (Å²) in [7, 11) is 0. The molecule has 0 radical (unpaired) electrons. The van der Waals surface area contributed by atoms with Crippen molar-refractivity contribution >= 4 is 23.2 Å². The van der Waals surface area contributed by atoms with Crippen molar-refractivity contribution in [3.05, 3.63) is 63.0 Å². The van der Waals surface area contributed by atoms with E-state index in [0.717, 1.165) is 6.42 Å². The van der Waals surface area contributed by atoms with E-state index in [1.165, 1.54) is 17.8 Å². The van der Waals surface area contributed by atoms with Gasteiger partial charge >= 0.3 is 0 Å². The monoisotopic (exact) mass is 276 g/mol. The fourth-order valence-electron chi connectivity index (χ4n) is 1.61. The molecule has 1 heterocycles. The van der Waals surface area contributed by atoms with Crippen LogP contribution in [0.2, 0.25) is 5.02 Å². The molecule has 0 aliphatic carbocycles. The van der Waals surface area contributed by atoms with E-state index in [-0.39, 0.29) is 10.9 Å². The summed E-state index contributed by atoms with van der Waals surface area (Å²) in [6, 6.07) is 8.93. The fourth-order valence-corrected chi connectivity index (χ4v) is 1.79. The number of benzene rings is 1. The molecule has 1 aromatic heterocycles. The molecule has 0 bridgehead atoms. The summed E-state index contributed by atoms with van der Waals surface area (Å²) in [4.78, 5) is 25.4. The van der Waals surface area contributed by atoms with Crippen LogP contribution in [0.15, 0.2) is 41.3 Å². The number of aromatic amines is 1. The number of anilines is 1. The highest BCUT2D eigenvalue weighted by atomic mass is 35.5. The van der Waals surface area contributed by atoms with Crippen molar-refractivity contribution in [2.45, 2.75) is 13.3 Å². The zero-order chi connectivity index (χ0) is 13.8. The number of hydrogen-bond donors (Lipinski definition) is 2. The maximum absolute atomic E-state index is 11.9. The first-order valence-corrected chi connectivity index (χ1v) is 6.26. The van der Waals surface area contributed by atoms with Crippen LogP contribution in [-0.4, -0.2) is 10.9 Å². The van der Waals surface area contributed by atoms with Crippen molar-refractivity contribution < 1.29 is 4.79 Å². The average molecular weight is 277 g/mol. The molecule has 2 N–H and O–H groups in total. The van der Waals surface area contributed by atoms with Gasteiger partial charge in [0.15, 0.2) is 0 Å². The number of amides is 1. The first kappa shape index (κ1) is 13.4. The molecule has 5 heteroatoms. The number of hydrogen-bond acceptors (Lipinski definition) is 2. The third-order valence-electron chi connectivity index (χ3n) is 2.74. The third kappa shape index (κ3) is 3.23. The molecular weight excluding hydrogens is 264 g/mol. The van der Waals surface area contributed by atoms with Crippen LogP contribution in [0.25, 0.3) is 0 Å². The van der Waals surface area contributed by atoms with Crippen molar-refractivity contribution in [1.82, 2.24) is 4.98 Å². The van der Waals surface area contributed by atoms with Gasteiger partial charge in [0, 0.05) is 11.9 Å². The summed E-state index contributed by atoms with van der Waals surface area (Å²) in [5.74, 6) is -0.317. The Hall–Kier alpha value is -2.07. The Morgan fingerprint density at radius 2 is 2.00 bits per heavy atom. The predicted molar refractivity (Wildman–Crippen MR) is 75.8 cm³/mol. The molecule has 0 unspecified atom stereocenters. The molecule has 2 aromatic rings. The lowest BCUT2D eigenvalue weighted by molar-refractivity contribution is 0.102. The molecular formula is C14H13ClN2O2. The number of pyridine rings is 1. The molecule has 0 saturated carbocycles.